The maximum absolute atomic E-state index is 11.2. The zero-order valence-corrected chi connectivity index (χ0v) is 9.70. The van der Waals surface area contributed by atoms with E-state index in [9.17, 15) is 9.59 Å². The lowest BCUT2D eigenvalue weighted by Crippen LogP contribution is -2.46. The Labute approximate surface area is 89.2 Å². The van der Waals surface area contributed by atoms with Crippen molar-refractivity contribution in [2.45, 2.75) is 39.3 Å². The SMILES string of the molecule is CC(NC(=O)OC(C)(C)C)C(=O)N(C)O. The Kier molecular flexibility index (Phi) is 4.54. The predicted molar refractivity (Wildman–Crippen MR) is 53.4 cm³/mol. The first-order valence-corrected chi connectivity index (χ1v) is 4.59. The molecule has 1 atom stereocenters. The van der Waals surface area contributed by atoms with Crippen LogP contribution < -0.4 is 5.32 Å². The third kappa shape index (κ3) is 5.90. The number of nitrogens with zero attached hydrogens (tertiary/aromatic N) is 1. The summed E-state index contributed by atoms with van der Waals surface area (Å²) < 4.78 is 4.94. The number of ether oxygens (including phenoxy) is 1. The summed E-state index contributed by atoms with van der Waals surface area (Å²) >= 11 is 0. The topological polar surface area (TPSA) is 78.9 Å². The minimum Gasteiger partial charge on any atom is -0.444 e. The monoisotopic (exact) mass is 218 g/mol. The van der Waals surface area contributed by atoms with Crippen LogP contribution in [0, 0.1) is 0 Å². The maximum Gasteiger partial charge on any atom is 0.408 e. The molecule has 0 heterocycles. The van der Waals surface area contributed by atoms with Gasteiger partial charge in [-0.1, -0.05) is 0 Å². The largest absolute Gasteiger partial charge is 0.444 e. The Morgan fingerprint density at radius 1 is 1.40 bits per heavy atom. The van der Waals surface area contributed by atoms with E-state index in [1.807, 2.05) is 0 Å². The number of hydroxylamine groups is 2. The van der Waals surface area contributed by atoms with Crippen LogP contribution in [0.1, 0.15) is 27.7 Å². The summed E-state index contributed by atoms with van der Waals surface area (Å²) in [4.78, 5) is 22.4. The van der Waals surface area contributed by atoms with Gasteiger partial charge in [-0.3, -0.25) is 10.0 Å². The minimum atomic E-state index is -0.824. The highest BCUT2D eigenvalue weighted by atomic mass is 16.6. The molecule has 0 aliphatic rings. The molecule has 0 aromatic heterocycles. The molecule has 0 spiro atoms. The van der Waals surface area contributed by atoms with Crippen LogP contribution in [0.4, 0.5) is 4.79 Å². The normalized spacial score (nSPS) is 12.9. The van der Waals surface area contributed by atoms with Gasteiger partial charge in [0.2, 0.25) is 0 Å². The zero-order chi connectivity index (χ0) is 12.2. The van der Waals surface area contributed by atoms with E-state index in [0.717, 1.165) is 0 Å². The molecule has 0 fully saturated rings. The van der Waals surface area contributed by atoms with Crippen LogP contribution in [0.5, 0.6) is 0 Å². The maximum atomic E-state index is 11.2. The van der Waals surface area contributed by atoms with Gasteiger partial charge in [0.25, 0.3) is 5.91 Å². The quantitative estimate of drug-likeness (QED) is 0.529. The molecular weight excluding hydrogens is 200 g/mol. The Bertz CT molecular complexity index is 245. The van der Waals surface area contributed by atoms with Crippen molar-refractivity contribution >= 4 is 12.0 Å². The van der Waals surface area contributed by atoms with E-state index in [4.69, 9.17) is 9.94 Å². The second-order valence-corrected chi connectivity index (χ2v) is 4.23. The Morgan fingerprint density at radius 3 is 2.20 bits per heavy atom. The van der Waals surface area contributed by atoms with Gasteiger partial charge in [-0.15, -0.1) is 0 Å². The van der Waals surface area contributed by atoms with Gasteiger partial charge in [-0.25, -0.2) is 9.86 Å². The van der Waals surface area contributed by atoms with Gasteiger partial charge in [0.05, 0.1) is 0 Å². The number of alkyl carbamates (subject to hydrolysis) is 1. The minimum absolute atomic E-state index is 0.419. The van der Waals surface area contributed by atoms with E-state index in [1.54, 1.807) is 20.8 Å². The molecule has 0 aromatic rings. The first kappa shape index (κ1) is 13.7. The Morgan fingerprint density at radius 2 is 1.87 bits per heavy atom. The number of rotatable bonds is 2. The molecule has 0 aliphatic carbocycles. The highest BCUT2D eigenvalue weighted by Crippen LogP contribution is 2.06. The van der Waals surface area contributed by atoms with Crippen molar-refractivity contribution in [1.82, 2.24) is 10.4 Å². The van der Waals surface area contributed by atoms with E-state index in [1.165, 1.54) is 14.0 Å². The van der Waals surface area contributed by atoms with Gasteiger partial charge in [0, 0.05) is 7.05 Å². The second-order valence-electron chi connectivity index (χ2n) is 4.23. The van der Waals surface area contributed by atoms with Crippen molar-refractivity contribution in [3.63, 3.8) is 0 Å². The van der Waals surface area contributed by atoms with Crippen molar-refractivity contribution in [2.24, 2.45) is 0 Å². The lowest BCUT2D eigenvalue weighted by atomic mass is 10.2. The number of carbonyl (C=O) groups is 2. The molecule has 0 radical (unpaired) electrons. The van der Waals surface area contributed by atoms with E-state index >= 15 is 0 Å². The molecule has 6 heteroatoms. The van der Waals surface area contributed by atoms with E-state index in [0.29, 0.717) is 5.06 Å². The molecule has 2 amide bonds. The van der Waals surface area contributed by atoms with Crippen molar-refractivity contribution in [1.29, 1.82) is 0 Å². The number of carbonyl (C=O) groups excluding carboxylic acids is 2. The van der Waals surface area contributed by atoms with E-state index in [2.05, 4.69) is 5.32 Å². The van der Waals surface area contributed by atoms with Crippen molar-refractivity contribution < 1.29 is 19.5 Å². The average molecular weight is 218 g/mol. The Hall–Kier alpha value is -1.30. The second kappa shape index (κ2) is 4.97. The molecule has 15 heavy (non-hydrogen) atoms. The number of likely N-dealkylation sites (N-methyl/N-ethyl adjacent to an activating group) is 1. The van der Waals surface area contributed by atoms with Crippen molar-refractivity contribution in [3.8, 4) is 0 Å². The molecule has 1 unspecified atom stereocenters. The third-order valence-electron chi connectivity index (χ3n) is 1.42. The van der Waals surface area contributed by atoms with Crippen LogP contribution in [0.2, 0.25) is 0 Å². The van der Waals surface area contributed by atoms with E-state index < -0.39 is 23.6 Å². The fraction of sp³-hybridized carbons (Fsp3) is 0.778. The number of amides is 2. The molecule has 88 valence electrons. The lowest BCUT2D eigenvalue weighted by Gasteiger charge is -2.22. The number of hydrogen-bond donors (Lipinski definition) is 2. The summed E-state index contributed by atoms with van der Waals surface area (Å²) in [7, 11) is 1.19. The summed E-state index contributed by atoms with van der Waals surface area (Å²) in [6, 6.07) is -0.824. The fourth-order valence-electron chi connectivity index (χ4n) is 0.826. The smallest absolute Gasteiger partial charge is 0.408 e. The summed E-state index contributed by atoms with van der Waals surface area (Å²) in [6.45, 7) is 6.62. The third-order valence-corrected chi connectivity index (χ3v) is 1.42. The molecule has 6 nitrogen and oxygen atoms in total. The predicted octanol–water partition coefficient (Wildman–Crippen LogP) is 0.747. The molecule has 0 saturated heterocycles. The van der Waals surface area contributed by atoms with Crippen LogP contribution in [-0.4, -0.2) is 41.0 Å². The van der Waals surface area contributed by atoms with Gasteiger partial charge in [-0.05, 0) is 27.7 Å². The van der Waals surface area contributed by atoms with Crippen LogP contribution >= 0.6 is 0 Å². The van der Waals surface area contributed by atoms with E-state index in [-0.39, 0.29) is 0 Å². The molecule has 0 rings (SSSR count). The summed E-state index contributed by atoms with van der Waals surface area (Å²) in [5.41, 5.74) is -0.613. The Balaban J connectivity index is 4.14. The highest BCUT2D eigenvalue weighted by molar-refractivity contribution is 5.84. The first-order valence-electron chi connectivity index (χ1n) is 4.59. The summed E-state index contributed by atoms with van der Waals surface area (Å²) in [5.74, 6) is -0.610. The number of nitrogens with one attached hydrogen (secondary N) is 1. The van der Waals surface area contributed by atoms with Crippen LogP contribution in [0.25, 0.3) is 0 Å². The summed E-state index contributed by atoms with van der Waals surface area (Å²) in [5, 5.41) is 11.6. The van der Waals surface area contributed by atoms with Crippen LogP contribution in [-0.2, 0) is 9.53 Å². The van der Waals surface area contributed by atoms with Gasteiger partial charge in [-0.2, -0.15) is 0 Å². The van der Waals surface area contributed by atoms with Gasteiger partial charge in [0.15, 0.2) is 0 Å². The van der Waals surface area contributed by atoms with Crippen LogP contribution in [0.3, 0.4) is 0 Å². The number of hydrogen-bond acceptors (Lipinski definition) is 4. The highest BCUT2D eigenvalue weighted by Gasteiger charge is 2.22. The lowest BCUT2D eigenvalue weighted by molar-refractivity contribution is -0.161. The van der Waals surface area contributed by atoms with Crippen molar-refractivity contribution in [2.75, 3.05) is 7.05 Å². The standard InChI is InChI=1S/C9H18N2O4/c1-6(7(12)11(5)14)10-8(13)15-9(2,3)4/h6,14H,1-5H3,(H,10,13). The molecule has 0 aliphatic heterocycles. The molecule has 0 aromatic carbocycles. The van der Waals surface area contributed by atoms with Crippen LogP contribution in [0.15, 0.2) is 0 Å². The van der Waals surface area contributed by atoms with Gasteiger partial charge < -0.3 is 10.1 Å². The fourth-order valence-corrected chi connectivity index (χ4v) is 0.826. The van der Waals surface area contributed by atoms with Crippen molar-refractivity contribution in [3.05, 3.63) is 0 Å². The molecular formula is C9H18N2O4. The molecule has 0 bridgehead atoms. The van der Waals surface area contributed by atoms with Gasteiger partial charge >= 0.3 is 6.09 Å². The van der Waals surface area contributed by atoms with Gasteiger partial charge in [0.1, 0.15) is 11.6 Å². The molecule has 0 saturated carbocycles. The average Bonchev–Trinajstić information content (AvgIpc) is 1.98. The molecule has 2 N–H and O–H groups in total. The first-order chi connectivity index (χ1) is 6.63. The zero-order valence-electron chi connectivity index (χ0n) is 9.70. The summed E-state index contributed by atoms with van der Waals surface area (Å²) in [6.07, 6.45) is -0.690.